The van der Waals surface area contributed by atoms with Crippen LogP contribution in [-0.4, -0.2) is 62.3 Å². The molecule has 3 N–H and O–H groups in total. The minimum atomic E-state index is -1.31. The number of carbonyl (C=O) groups excluding carboxylic acids is 3. The van der Waals surface area contributed by atoms with Crippen molar-refractivity contribution >= 4 is 35.0 Å². The van der Waals surface area contributed by atoms with Crippen molar-refractivity contribution in [3.63, 3.8) is 0 Å². The number of hydrogen-bond acceptors (Lipinski definition) is 11. The quantitative estimate of drug-likeness (QED) is 0.199. The first-order chi connectivity index (χ1) is 21.4. The van der Waals surface area contributed by atoms with Crippen LogP contribution in [0.2, 0.25) is 0 Å². The van der Waals surface area contributed by atoms with Crippen LogP contribution in [0.5, 0.6) is 0 Å². The molecule has 1 saturated heterocycles. The SMILES string of the molecule is Nc1nc2c(ncn2[C@@H]2O[C@@H](COC(=O)c3ccccc3)[C@H](OC(=O)c3ccccc3)[C@H]2OC(=O)c2ccccc2)c(=O)[nH]1. The maximum absolute atomic E-state index is 13.3. The molecule has 0 unspecified atom stereocenters. The Balaban J connectivity index is 1.39. The molecule has 2 aromatic heterocycles. The van der Waals surface area contributed by atoms with Gasteiger partial charge in [0.05, 0.1) is 23.0 Å². The van der Waals surface area contributed by atoms with Crippen molar-refractivity contribution in [1.82, 2.24) is 19.5 Å². The van der Waals surface area contributed by atoms with E-state index in [0.29, 0.717) is 5.56 Å². The second-order valence-corrected chi connectivity index (χ2v) is 9.78. The number of fused-ring (bicyclic) bond motifs is 1. The van der Waals surface area contributed by atoms with Crippen LogP contribution >= 0.6 is 0 Å². The molecule has 1 aliphatic heterocycles. The first kappa shape index (κ1) is 28.3. The standard InChI is InChI=1S/C31H25N5O8/c32-31-34-25-22(26(37)35-31)33-17-36(25)27-24(44-30(40)20-14-8-3-9-15-20)23(43-29(39)19-12-6-2-7-13-19)21(42-27)16-41-28(38)18-10-4-1-5-11-18/h1-15,17,21,23-24,27H,16H2,(H3,32,34,35,37)/t21-,23-,24+,27+/m0/s1. The van der Waals surface area contributed by atoms with Crippen molar-refractivity contribution < 1.29 is 33.3 Å². The molecule has 4 atom stereocenters. The molecule has 5 aromatic rings. The van der Waals surface area contributed by atoms with Gasteiger partial charge in [0, 0.05) is 0 Å². The van der Waals surface area contributed by atoms with E-state index in [0.717, 1.165) is 0 Å². The summed E-state index contributed by atoms with van der Waals surface area (Å²) in [5.41, 5.74) is 5.96. The van der Waals surface area contributed by atoms with Gasteiger partial charge in [0.15, 0.2) is 29.6 Å². The van der Waals surface area contributed by atoms with Gasteiger partial charge in [0.25, 0.3) is 5.56 Å². The highest BCUT2D eigenvalue weighted by Gasteiger charge is 2.52. The van der Waals surface area contributed by atoms with Crippen molar-refractivity contribution in [2.45, 2.75) is 24.5 Å². The molecule has 1 aliphatic rings. The van der Waals surface area contributed by atoms with Crippen LogP contribution in [0.15, 0.2) is 102 Å². The molecule has 44 heavy (non-hydrogen) atoms. The number of hydrogen-bond donors (Lipinski definition) is 2. The molecular formula is C31H25N5O8. The van der Waals surface area contributed by atoms with E-state index in [4.69, 9.17) is 24.7 Å². The fourth-order valence-electron chi connectivity index (χ4n) is 4.81. The Bertz CT molecular complexity index is 1860. The Kier molecular flexibility index (Phi) is 7.84. The molecule has 0 saturated carbocycles. The third kappa shape index (κ3) is 5.76. The topological polar surface area (TPSA) is 178 Å². The predicted molar refractivity (Wildman–Crippen MR) is 154 cm³/mol. The van der Waals surface area contributed by atoms with E-state index in [-0.39, 0.29) is 34.8 Å². The molecule has 1 fully saturated rings. The third-order valence-corrected chi connectivity index (χ3v) is 6.90. The Hall–Kier alpha value is -5.82. The highest BCUT2D eigenvalue weighted by Crippen LogP contribution is 2.36. The average Bonchev–Trinajstić information content (AvgIpc) is 3.62. The molecule has 13 heteroatoms. The second-order valence-electron chi connectivity index (χ2n) is 9.78. The predicted octanol–water partition coefficient (Wildman–Crippen LogP) is 2.91. The van der Waals surface area contributed by atoms with Crippen LogP contribution in [0.1, 0.15) is 37.3 Å². The second kappa shape index (κ2) is 12.2. The zero-order valence-corrected chi connectivity index (χ0v) is 22.9. The third-order valence-electron chi connectivity index (χ3n) is 6.90. The zero-order chi connectivity index (χ0) is 30.6. The summed E-state index contributed by atoms with van der Waals surface area (Å²) in [6.07, 6.45) is -3.66. The summed E-state index contributed by atoms with van der Waals surface area (Å²) in [5, 5.41) is 0. The Morgan fingerprint density at radius 2 is 1.32 bits per heavy atom. The number of H-pyrrole nitrogens is 1. The Morgan fingerprint density at radius 1 is 0.795 bits per heavy atom. The maximum atomic E-state index is 13.3. The number of imidazole rings is 1. The Morgan fingerprint density at radius 3 is 1.89 bits per heavy atom. The molecule has 3 aromatic carbocycles. The van der Waals surface area contributed by atoms with Crippen LogP contribution in [-0.2, 0) is 18.9 Å². The summed E-state index contributed by atoms with van der Waals surface area (Å²) in [4.78, 5) is 62.6. The smallest absolute Gasteiger partial charge is 0.338 e. The van der Waals surface area contributed by atoms with Gasteiger partial charge in [-0.05, 0) is 36.4 Å². The van der Waals surface area contributed by atoms with Gasteiger partial charge in [0.2, 0.25) is 5.95 Å². The molecule has 0 aliphatic carbocycles. The normalized spacial score (nSPS) is 19.4. The van der Waals surface area contributed by atoms with Gasteiger partial charge in [-0.3, -0.25) is 14.3 Å². The Labute approximate surface area is 249 Å². The van der Waals surface area contributed by atoms with Crippen LogP contribution in [0.25, 0.3) is 11.2 Å². The van der Waals surface area contributed by atoms with Crippen LogP contribution < -0.4 is 11.3 Å². The van der Waals surface area contributed by atoms with Gasteiger partial charge < -0.3 is 24.7 Å². The van der Waals surface area contributed by atoms with Crippen LogP contribution in [0.4, 0.5) is 5.95 Å². The lowest BCUT2D eigenvalue weighted by molar-refractivity contribution is -0.0606. The van der Waals surface area contributed by atoms with Crippen molar-refractivity contribution in [2.24, 2.45) is 0 Å². The van der Waals surface area contributed by atoms with Crippen molar-refractivity contribution in [3.8, 4) is 0 Å². The summed E-state index contributed by atoms with van der Waals surface area (Å²) in [6.45, 7) is -0.376. The largest absolute Gasteiger partial charge is 0.459 e. The summed E-state index contributed by atoms with van der Waals surface area (Å²) < 4.78 is 25.0. The van der Waals surface area contributed by atoms with E-state index >= 15 is 0 Å². The van der Waals surface area contributed by atoms with E-state index < -0.39 is 48.0 Å². The van der Waals surface area contributed by atoms with E-state index in [1.54, 1.807) is 91.0 Å². The van der Waals surface area contributed by atoms with Gasteiger partial charge in [0.1, 0.15) is 12.7 Å². The highest BCUT2D eigenvalue weighted by molar-refractivity contribution is 5.91. The molecule has 0 spiro atoms. The first-order valence-electron chi connectivity index (χ1n) is 13.5. The van der Waals surface area contributed by atoms with Crippen LogP contribution in [0, 0.1) is 0 Å². The minimum absolute atomic E-state index is 0.0343. The fourth-order valence-corrected chi connectivity index (χ4v) is 4.81. The minimum Gasteiger partial charge on any atom is -0.459 e. The number of esters is 3. The monoisotopic (exact) mass is 595 g/mol. The highest BCUT2D eigenvalue weighted by atomic mass is 16.7. The van der Waals surface area contributed by atoms with Gasteiger partial charge in [-0.15, -0.1) is 0 Å². The van der Waals surface area contributed by atoms with Gasteiger partial charge >= 0.3 is 17.9 Å². The molecule has 6 rings (SSSR count). The van der Waals surface area contributed by atoms with E-state index in [1.807, 2.05) is 0 Å². The molecule has 13 nitrogen and oxygen atoms in total. The summed E-state index contributed by atoms with van der Waals surface area (Å²) in [5.74, 6) is -2.28. The fraction of sp³-hybridized carbons (Fsp3) is 0.161. The number of rotatable bonds is 8. The van der Waals surface area contributed by atoms with Gasteiger partial charge in [-0.2, -0.15) is 4.98 Å². The van der Waals surface area contributed by atoms with E-state index in [2.05, 4.69) is 15.0 Å². The number of carbonyl (C=O) groups is 3. The maximum Gasteiger partial charge on any atom is 0.338 e. The number of aromatic nitrogens is 4. The number of benzene rings is 3. The lowest BCUT2D eigenvalue weighted by atomic mass is 10.1. The summed E-state index contributed by atoms with van der Waals surface area (Å²) in [6, 6.07) is 24.7. The molecule has 0 bridgehead atoms. The molecule has 0 amide bonds. The lowest BCUT2D eigenvalue weighted by Crippen LogP contribution is -2.41. The van der Waals surface area contributed by atoms with E-state index in [1.165, 1.54) is 10.9 Å². The van der Waals surface area contributed by atoms with Crippen molar-refractivity contribution in [3.05, 3.63) is 124 Å². The number of aromatic amines is 1. The lowest BCUT2D eigenvalue weighted by Gasteiger charge is -2.25. The molecular weight excluding hydrogens is 570 g/mol. The number of nitrogen functional groups attached to an aromatic ring is 1. The van der Waals surface area contributed by atoms with Gasteiger partial charge in [-0.1, -0.05) is 54.6 Å². The summed E-state index contributed by atoms with van der Waals surface area (Å²) in [7, 11) is 0. The molecule has 222 valence electrons. The molecule has 0 radical (unpaired) electrons. The number of nitrogens with two attached hydrogens (primary N) is 1. The average molecular weight is 596 g/mol. The number of nitrogens with zero attached hydrogens (tertiary/aromatic N) is 3. The van der Waals surface area contributed by atoms with Crippen molar-refractivity contribution in [1.29, 1.82) is 0 Å². The van der Waals surface area contributed by atoms with Crippen molar-refractivity contribution in [2.75, 3.05) is 12.3 Å². The van der Waals surface area contributed by atoms with E-state index in [9.17, 15) is 19.2 Å². The van der Waals surface area contributed by atoms with Crippen LogP contribution in [0.3, 0.4) is 0 Å². The van der Waals surface area contributed by atoms with Gasteiger partial charge in [-0.25, -0.2) is 19.4 Å². The zero-order valence-electron chi connectivity index (χ0n) is 22.9. The summed E-state index contributed by atoms with van der Waals surface area (Å²) >= 11 is 0. The number of anilines is 1. The number of nitrogens with one attached hydrogen (secondary N) is 1. The first-order valence-corrected chi connectivity index (χ1v) is 13.5. The number of ether oxygens (including phenoxy) is 4. The molecule has 3 heterocycles.